The van der Waals surface area contributed by atoms with Crippen LogP contribution in [0.25, 0.3) is 0 Å². The number of sulfonamides is 1. The first-order valence-electron chi connectivity index (χ1n) is 14.5. The molecule has 10 unspecified atom stereocenters. The van der Waals surface area contributed by atoms with Crippen LogP contribution in [0.15, 0.2) is 11.1 Å². The van der Waals surface area contributed by atoms with Crippen LogP contribution in [0, 0.1) is 40.9 Å². The predicted octanol–water partition coefficient (Wildman–Crippen LogP) is 5.01. The zero-order valence-electron chi connectivity index (χ0n) is 22.8. The Morgan fingerprint density at radius 2 is 1.89 bits per heavy atom. The van der Waals surface area contributed by atoms with Gasteiger partial charge in [-0.05, 0) is 119 Å². The Morgan fingerprint density at radius 3 is 2.57 bits per heavy atom. The third-order valence-electron chi connectivity index (χ3n) is 11.7. The summed E-state index contributed by atoms with van der Waals surface area (Å²) in [7, 11) is -3.14. The number of rotatable bonds is 4. The van der Waals surface area contributed by atoms with E-state index in [-0.39, 0.29) is 12.0 Å². The van der Waals surface area contributed by atoms with E-state index in [0.717, 1.165) is 62.8 Å². The summed E-state index contributed by atoms with van der Waals surface area (Å²) in [5.41, 5.74) is 2.90. The molecule has 6 heteroatoms. The Balaban J connectivity index is 1.32. The average Bonchev–Trinajstić information content (AvgIpc) is 3.11. The number of hydrogen-bond acceptors (Lipinski definition) is 4. The fourth-order valence-corrected chi connectivity index (χ4v) is 10.3. The molecule has 0 radical (unpaired) electrons. The first kappa shape index (κ1) is 26.2. The van der Waals surface area contributed by atoms with Crippen molar-refractivity contribution in [3.8, 4) is 0 Å². The molecule has 0 aromatic heterocycles. The van der Waals surface area contributed by atoms with Crippen molar-refractivity contribution in [2.75, 3.05) is 12.8 Å². The van der Waals surface area contributed by atoms with E-state index < -0.39 is 15.6 Å². The smallest absolute Gasteiger partial charge is 0.208 e. The van der Waals surface area contributed by atoms with Gasteiger partial charge in [-0.1, -0.05) is 31.9 Å². The largest absolute Gasteiger partial charge is 0.389 e. The zero-order chi connectivity index (χ0) is 25.2. The first-order chi connectivity index (χ1) is 16.4. The molecule has 3 N–H and O–H groups in total. The molecule has 5 aliphatic rings. The molecule has 5 nitrogen and oxygen atoms in total. The molecular weight excluding hydrogens is 456 g/mol. The van der Waals surface area contributed by atoms with Crippen LogP contribution in [0.1, 0.15) is 98.3 Å². The van der Waals surface area contributed by atoms with Crippen molar-refractivity contribution in [3.05, 3.63) is 11.1 Å². The molecule has 0 amide bonds. The molecule has 1 heterocycles. The number of allylic oxidation sites excluding steroid dienone is 1. The van der Waals surface area contributed by atoms with Crippen molar-refractivity contribution in [2.24, 2.45) is 40.9 Å². The van der Waals surface area contributed by atoms with Crippen LogP contribution in [0.2, 0.25) is 0 Å². The van der Waals surface area contributed by atoms with Crippen LogP contribution in [-0.4, -0.2) is 44.0 Å². The van der Waals surface area contributed by atoms with Gasteiger partial charge >= 0.3 is 0 Å². The van der Waals surface area contributed by atoms with E-state index in [9.17, 15) is 13.5 Å². The summed E-state index contributed by atoms with van der Waals surface area (Å²) in [6.07, 6.45) is 13.5. The van der Waals surface area contributed by atoms with Gasteiger partial charge in [0, 0.05) is 18.0 Å². The van der Waals surface area contributed by atoms with E-state index in [1.807, 2.05) is 0 Å². The maximum Gasteiger partial charge on any atom is 0.208 e. The lowest BCUT2D eigenvalue weighted by Gasteiger charge is -2.54. The predicted molar refractivity (Wildman–Crippen MR) is 142 cm³/mol. The van der Waals surface area contributed by atoms with Gasteiger partial charge in [0.2, 0.25) is 10.0 Å². The Bertz CT molecular complexity index is 940. The number of hydrogen-bond donors (Lipinski definition) is 3. The van der Waals surface area contributed by atoms with Crippen molar-refractivity contribution in [3.63, 3.8) is 0 Å². The normalized spacial score (nSPS) is 47.4. The fourth-order valence-electron chi connectivity index (χ4n) is 9.52. The minimum Gasteiger partial charge on any atom is -0.389 e. The van der Waals surface area contributed by atoms with Crippen molar-refractivity contribution in [1.82, 2.24) is 10.0 Å². The molecule has 1 saturated heterocycles. The highest BCUT2D eigenvalue weighted by Crippen LogP contribution is 2.64. The van der Waals surface area contributed by atoms with Gasteiger partial charge in [0.1, 0.15) is 0 Å². The molecule has 0 bridgehead atoms. The zero-order valence-corrected chi connectivity index (χ0v) is 23.6. The quantitative estimate of drug-likeness (QED) is 0.468. The summed E-state index contributed by atoms with van der Waals surface area (Å²) < 4.78 is 26.6. The second-order valence-electron chi connectivity index (χ2n) is 13.8. The lowest BCUT2D eigenvalue weighted by atomic mass is 9.52. The summed E-state index contributed by atoms with van der Waals surface area (Å²) >= 11 is 0. The summed E-state index contributed by atoms with van der Waals surface area (Å²) in [5, 5.41) is 15.7. The van der Waals surface area contributed by atoms with E-state index in [0.29, 0.717) is 23.3 Å². The van der Waals surface area contributed by atoms with Crippen molar-refractivity contribution >= 4 is 10.0 Å². The molecule has 200 valence electrons. The Hall–Kier alpha value is -0.430. The third kappa shape index (κ3) is 4.91. The number of fused-ring (bicyclic) bond motifs is 5. The lowest BCUT2D eigenvalue weighted by Crippen LogP contribution is -2.51. The molecule has 35 heavy (non-hydrogen) atoms. The van der Waals surface area contributed by atoms with Crippen LogP contribution in [0.3, 0.4) is 0 Å². The van der Waals surface area contributed by atoms with E-state index in [1.54, 1.807) is 5.57 Å². The van der Waals surface area contributed by atoms with Gasteiger partial charge < -0.3 is 10.4 Å². The van der Waals surface area contributed by atoms with Gasteiger partial charge in [-0.2, -0.15) is 0 Å². The SMILES string of the molecule is CC1=C2CC3C(CCC4CC(NS(C)(=O)=O)CCC43C)C2CCC(O)(C(C)C2CCC(C)CN2)C1. The van der Waals surface area contributed by atoms with E-state index in [2.05, 4.69) is 37.7 Å². The number of piperidine rings is 1. The summed E-state index contributed by atoms with van der Waals surface area (Å²) in [6, 6.07) is 0.546. The van der Waals surface area contributed by atoms with Crippen molar-refractivity contribution < 1.29 is 13.5 Å². The van der Waals surface area contributed by atoms with Gasteiger partial charge in [-0.15, -0.1) is 0 Å². The van der Waals surface area contributed by atoms with Gasteiger partial charge in [-0.25, -0.2) is 13.1 Å². The highest BCUT2D eigenvalue weighted by atomic mass is 32.2. The van der Waals surface area contributed by atoms with Crippen LogP contribution in [0.4, 0.5) is 0 Å². The van der Waals surface area contributed by atoms with Crippen LogP contribution >= 0.6 is 0 Å². The Morgan fingerprint density at radius 1 is 1.11 bits per heavy atom. The highest BCUT2D eigenvalue weighted by Gasteiger charge is 2.57. The van der Waals surface area contributed by atoms with E-state index in [1.165, 1.54) is 43.9 Å². The second kappa shape index (κ2) is 9.39. The monoisotopic (exact) mass is 506 g/mol. The molecule has 10 atom stereocenters. The van der Waals surface area contributed by atoms with Gasteiger partial charge in [-0.3, -0.25) is 0 Å². The maximum absolute atomic E-state index is 12.0. The molecular formula is C29H50N2O3S. The van der Waals surface area contributed by atoms with Gasteiger partial charge in [0.05, 0.1) is 11.9 Å². The average molecular weight is 507 g/mol. The molecule has 0 spiro atoms. The minimum atomic E-state index is -3.14. The van der Waals surface area contributed by atoms with Crippen LogP contribution in [-0.2, 0) is 10.0 Å². The van der Waals surface area contributed by atoms with Crippen molar-refractivity contribution in [2.45, 2.75) is 116 Å². The standard InChI is InChI=1S/C29H50N2O3S/c1-18-6-9-27(30-17-18)20(3)29(32)13-11-23-24-8-7-21-14-22(31-35(5,33)34)10-12-28(21,4)26(24)15-25(23)19(2)16-29/h18,20-24,26-27,30-32H,6-17H2,1-5H3. The molecule has 1 aliphatic heterocycles. The van der Waals surface area contributed by atoms with E-state index >= 15 is 0 Å². The molecule has 5 rings (SSSR count). The molecule has 4 fully saturated rings. The van der Waals surface area contributed by atoms with Crippen LogP contribution in [0.5, 0.6) is 0 Å². The number of nitrogens with one attached hydrogen (secondary N) is 2. The Kier molecular flexibility index (Phi) is 7.03. The van der Waals surface area contributed by atoms with Gasteiger partial charge in [0.25, 0.3) is 0 Å². The summed E-state index contributed by atoms with van der Waals surface area (Å²) in [5.74, 6) is 3.76. The lowest BCUT2D eigenvalue weighted by molar-refractivity contribution is -0.0517. The first-order valence-corrected chi connectivity index (χ1v) is 16.4. The van der Waals surface area contributed by atoms with E-state index in [4.69, 9.17) is 0 Å². The highest BCUT2D eigenvalue weighted by molar-refractivity contribution is 7.88. The fraction of sp³-hybridized carbons (Fsp3) is 0.931. The second-order valence-corrected chi connectivity index (χ2v) is 15.6. The third-order valence-corrected chi connectivity index (χ3v) is 12.4. The topological polar surface area (TPSA) is 78.4 Å². The minimum absolute atomic E-state index is 0.111. The summed E-state index contributed by atoms with van der Waals surface area (Å²) in [6.45, 7) is 10.6. The van der Waals surface area contributed by atoms with Crippen molar-refractivity contribution in [1.29, 1.82) is 0 Å². The number of aliphatic hydroxyl groups is 1. The molecule has 3 saturated carbocycles. The summed E-state index contributed by atoms with van der Waals surface area (Å²) in [4.78, 5) is 0. The van der Waals surface area contributed by atoms with Gasteiger partial charge in [0.15, 0.2) is 0 Å². The maximum atomic E-state index is 12.0. The molecule has 0 aromatic rings. The molecule has 0 aromatic carbocycles. The Labute approximate surface area is 214 Å². The molecule has 4 aliphatic carbocycles. The van der Waals surface area contributed by atoms with Crippen LogP contribution < -0.4 is 10.0 Å².